The van der Waals surface area contributed by atoms with Crippen LogP contribution >= 0.6 is 0 Å². The molecular weight excluding hydrogens is 248 g/mol. The highest BCUT2D eigenvalue weighted by Crippen LogP contribution is 2.30. The summed E-state index contributed by atoms with van der Waals surface area (Å²) in [5, 5.41) is 9.59. The maximum absolute atomic E-state index is 6.03. The number of nitrogens with two attached hydrogens (primary N) is 1. The van der Waals surface area contributed by atoms with E-state index in [0.29, 0.717) is 12.1 Å². The summed E-state index contributed by atoms with van der Waals surface area (Å²) < 4.78 is 0. The fourth-order valence-corrected chi connectivity index (χ4v) is 3.26. The predicted molar refractivity (Wildman–Crippen MR) is 82.8 cm³/mol. The van der Waals surface area contributed by atoms with Crippen LogP contribution in [0.5, 0.6) is 0 Å². The number of hydrogen-bond acceptors (Lipinski definition) is 4. The van der Waals surface area contributed by atoms with E-state index in [0.717, 1.165) is 24.9 Å². The van der Waals surface area contributed by atoms with E-state index in [-0.39, 0.29) is 0 Å². The largest absolute Gasteiger partial charge is 0.367 e. The Morgan fingerprint density at radius 2 is 1.95 bits per heavy atom. The summed E-state index contributed by atoms with van der Waals surface area (Å²) in [7, 11) is 0. The minimum Gasteiger partial charge on any atom is -0.367 e. The van der Waals surface area contributed by atoms with Gasteiger partial charge in [0.1, 0.15) is 0 Å². The Labute approximate surface area is 120 Å². The van der Waals surface area contributed by atoms with E-state index >= 15 is 0 Å². The van der Waals surface area contributed by atoms with Gasteiger partial charge in [0.15, 0.2) is 0 Å². The number of nitrogens with zero attached hydrogens (tertiary/aromatic N) is 3. The van der Waals surface area contributed by atoms with Gasteiger partial charge in [0.05, 0.1) is 17.4 Å². The number of anilines is 1. The molecule has 106 valence electrons. The maximum atomic E-state index is 6.03. The van der Waals surface area contributed by atoms with E-state index < -0.39 is 0 Å². The van der Waals surface area contributed by atoms with Crippen LogP contribution in [0.15, 0.2) is 30.5 Å². The lowest BCUT2D eigenvalue weighted by atomic mass is 9.90. The van der Waals surface area contributed by atoms with Crippen molar-refractivity contribution < 1.29 is 0 Å². The number of benzene rings is 1. The van der Waals surface area contributed by atoms with Crippen molar-refractivity contribution in [1.82, 2.24) is 10.2 Å². The van der Waals surface area contributed by atoms with Gasteiger partial charge in [-0.2, -0.15) is 10.2 Å². The van der Waals surface area contributed by atoms with Gasteiger partial charge in [-0.3, -0.25) is 0 Å². The van der Waals surface area contributed by atoms with Crippen molar-refractivity contribution >= 4 is 16.6 Å². The van der Waals surface area contributed by atoms with E-state index in [1.807, 2.05) is 18.3 Å². The monoisotopic (exact) mass is 270 g/mol. The summed E-state index contributed by atoms with van der Waals surface area (Å²) >= 11 is 0. The molecule has 0 aliphatic heterocycles. The molecular formula is C16H22N4. The molecule has 1 aliphatic carbocycles. The highest BCUT2D eigenvalue weighted by atomic mass is 15.2. The number of aromatic nitrogens is 2. The van der Waals surface area contributed by atoms with Crippen molar-refractivity contribution in [1.29, 1.82) is 0 Å². The second-order valence-electron chi connectivity index (χ2n) is 5.60. The van der Waals surface area contributed by atoms with Crippen molar-refractivity contribution in [2.75, 3.05) is 11.4 Å². The topological polar surface area (TPSA) is 55.0 Å². The lowest BCUT2D eigenvalue weighted by Crippen LogP contribution is -2.41. The molecule has 0 saturated heterocycles. The molecule has 0 unspecified atom stereocenters. The summed E-state index contributed by atoms with van der Waals surface area (Å²) in [4.78, 5) is 2.48. The first-order valence-corrected chi connectivity index (χ1v) is 7.52. The summed E-state index contributed by atoms with van der Waals surface area (Å²) in [6, 6.07) is 9.20. The van der Waals surface area contributed by atoms with Crippen molar-refractivity contribution in [3.63, 3.8) is 0 Å². The van der Waals surface area contributed by atoms with E-state index in [2.05, 4.69) is 34.2 Å². The third kappa shape index (κ3) is 2.48. The van der Waals surface area contributed by atoms with Gasteiger partial charge in [0.2, 0.25) is 0 Å². The molecule has 1 aromatic heterocycles. The molecule has 0 atom stereocenters. The Hall–Kier alpha value is -1.68. The number of fused-ring (bicyclic) bond motifs is 1. The third-order valence-corrected chi connectivity index (χ3v) is 4.36. The minimum atomic E-state index is 0.386. The molecule has 1 aromatic carbocycles. The van der Waals surface area contributed by atoms with E-state index in [4.69, 9.17) is 5.73 Å². The standard InChI is InChI=1S/C16H22N4/c1-2-20(13-9-7-12(17)8-10-13)16-11-18-19-15-6-4-3-5-14(15)16/h3-6,11-13H,2,7-10,17H2,1H3. The average molecular weight is 270 g/mol. The maximum Gasteiger partial charge on any atom is 0.0950 e. The normalized spacial score (nSPS) is 22.9. The summed E-state index contributed by atoms with van der Waals surface area (Å²) in [6.07, 6.45) is 6.49. The molecule has 2 N–H and O–H groups in total. The van der Waals surface area contributed by atoms with Crippen molar-refractivity contribution in [3.05, 3.63) is 30.5 Å². The Balaban J connectivity index is 1.95. The van der Waals surface area contributed by atoms with Gasteiger partial charge in [-0.1, -0.05) is 18.2 Å². The van der Waals surface area contributed by atoms with Crippen LogP contribution in [0.3, 0.4) is 0 Å². The first-order valence-electron chi connectivity index (χ1n) is 7.52. The predicted octanol–water partition coefficient (Wildman–Crippen LogP) is 2.73. The molecule has 2 aromatic rings. The van der Waals surface area contributed by atoms with Gasteiger partial charge >= 0.3 is 0 Å². The second kappa shape index (κ2) is 5.75. The second-order valence-corrected chi connectivity index (χ2v) is 5.60. The Morgan fingerprint density at radius 3 is 2.70 bits per heavy atom. The molecule has 4 nitrogen and oxygen atoms in total. The van der Waals surface area contributed by atoms with Crippen LogP contribution < -0.4 is 10.6 Å². The van der Waals surface area contributed by atoms with Gasteiger partial charge < -0.3 is 10.6 Å². The molecule has 20 heavy (non-hydrogen) atoms. The molecule has 4 heteroatoms. The van der Waals surface area contributed by atoms with Crippen molar-refractivity contribution in [3.8, 4) is 0 Å². The van der Waals surface area contributed by atoms with Crippen LogP contribution in [-0.2, 0) is 0 Å². The Morgan fingerprint density at radius 1 is 1.20 bits per heavy atom. The fourth-order valence-electron chi connectivity index (χ4n) is 3.26. The molecule has 0 bridgehead atoms. The number of rotatable bonds is 3. The summed E-state index contributed by atoms with van der Waals surface area (Å²) in [5.74, 6) is 0. The van der Waals surface area contributed by atoms with Crippen molar-refractivity contribution in [2.24, 2.45) is 5.73 Å². The highest BCUT2D eigenvalue weighted by Gasteiger charge is 2.24. The molecule has 1 fully saturated rings. The Bertz CT molecular complexity index is 570. The zero-order valence-corrected chi connectivity index (χ0v) is 12.0. The van der Waals surface area contributed by atoms with Gasteiger partial charge in [-0.15, -0.1) is 0 Å². The third-order valence-electron chi connectivity index (χ3n) is 4.36. The molecule has 1 heterocycles. The summed E-state index contributed by atoms with van der Waals surface area (Å²) in [5.41, 5.74) is 8.20. The van der Waals surface area contributed by atoms with Gasteiger partial charge in [0, 0.05) is 24.0 Å². The van der Waals surface area contributed by atoms with Crippen molar-refractivity contribution in [2.45, 2.75) is 44.7 Å². The van der Waals surface area contributed by atoms with Crippen LogP contribution in [0, 0.1) is 0 Å². The molecule has 1 saturated carbocycles. The molecule has 1 aliphatic rings. The van der Waals surface area contributed by atoms with E-state index in [9.17, 15) is 0 Å². The van der Waals surface area contributed by atoms with Crippen LogP contribution in [0.2, 0.25) is 0 Å². The van der Waals surface area contributed by atoms with Gasteiger partial charge in [-0.05, 0) is 38.7 Å². The van der Waals surface area contributed by atoms with Crippen LogP contribution in [0.25, 0.3) is 10.9 Å². The zero-order chi connectivity index (χ0) is 13.9. The molecule has 0 radical (unpaired) electrons. The Kier molecular flexibility index (Phi) is 3.83. The average Bonchev–Trinajstić information content (AvgIpc) is 2.50. The minimum absolute atomic E-state index is 0.386. The first-order chi connectivity index (χ1) is 9.79. The van der Waals surface area contributed by atoms with Gasteiger partial charge in [0.25, 0.3) is 0 Å². The van der Waals surface area contributed by atoms with E-state index in [1.165, 1.54) is 23.9 Å². The molecule has 0 amide bonds. The molecule has 0 spiro atoms. The fraction of sp³-hybridized carbons (Fsp3) is 0.500. The van der Waals surface area contributed by atoms with Crippen LogP contribution in [-0.4, -0.2) is 28.8 Å². The number of hydrogen-bond donors (Lipinski definition) is 1. The SMILES string of the molecule is CCN(c1cnnc2ccccc12)C1CCC(N)CC1. The zero-order valence-electron chi connectivity index (χ0n) is 12.0. The van der Waals surface area contributed by atoms with E-state index in [1.54, 1.807) is 0 Å². The lowest BCUT2D eigenvalue weighted by molar-refractivity contribution is 0.378. The van der Waals surface area contributed by atoms with Crippen LogP contribution in [0.4, 0.5) is 5.69 Å². The highest BCUT2D eigenvalue weighted by molar-refractivity contribution is 5.90. The molecule has 3 rings (SSSR count). The lowest BCUT2D eigenvalue weighted by Gasteiger charge is -2.37. The smallest absolute Gasteiger partial charge is 0.0950 e. The summed E-state index contributed by atoms with van der Waals surface area (Å²) in [6.45, 7) is 3.21. The van der Waals surface area contributed by atoms with Crippen LogP contribution in [0.1, 0.15) is 32.6 Å². The first kappa shape index (κ1) is 13.3. The quantitative estimate of drug-likeness (QED) is 0.931. The van der Waals surface area contributed by atoms with Gasteiger partial charge in [-0.25, -0.2) is 0 Å².